The molecule has 1 aromatic rings. The monoisotopic (exact) mass is 298 g/mol. The van der Waals surface area contributed by atoms with Crippen LogP contribution in [0.1, 0.15) is 0 Å². The van der Waals surface area contributed by atoms with Crippen LogP contribution in [0.4, 0.5) is 0 Å². The second-order valence-electron chi connectivity index (χ2n) is 4.67. The number of piperazine rings is 1. The van der Waals surface area contributed by atoms with Crippen molar-refractivity contribution in [3.05, 3.63) is 29.3 Å². The van der Waals surface area contributed by atoms with Gasteiger partial charge in [-0.05, 0) is 12.1 Å². The van der Waals surface area contributed by atoms with Crippen LogP contribution >= 0.6 is 11.6 Å². The molecule has 1 saturated heterocycles. The highest BCUT2D eigenvalue weighted by molar-refractivity contribution is 6.32. The lowest BCUT2D eigenvalue weighted by atomic mass is 10.3. The van der Waals surface area contributed by atoms with Crippen molar-refractivity contribution in [2.75, 3.05) is 45.9 Å². The number of rotatable bonds is 5. The summed E-state index contributed by atoms with van der Waals surface area (Å²) in [5.41, 5.74) is 0. The lowest BCUT2D eigenvalue weighted by Crippen LogP contribution is -2.50. The Kier molecular flexibility index (Phi) is 5.64. The van der Waals surface area contributed by atoms with E-state index >= 15 is 0 Å². The number of β-amino-alcohol motifs (C(OH)–C–C–N with tert-alkyl or cyclic N) is 1. The molecular weight excluding hydrogens is 280 g/mol. The number of aliphatic hydroxyl groups excluding tert-OH is 1. The first-order valence-electron chi connectivity index (χ1n) is 6.69. The first-order chi connectivity index (χ1) is 9.70. The average molecular weight is 299 g/mol. The zero-order valence-corrected chi connectivity index (χ0v) is 12.1. The summed E-state index contributed by atoms with van der Waals surface area (Å²) in [6.45, 7) is 3.75. The number of amides is 1. The van der Waals surface area contributed by atoms with E-state index < -0.39 is 0 Å². The van der Waals surface area contributed by atoms with Gasteiger partial charge in [0.15, 0.2) is 6.61 Å². The molecule has 5 nitrogen and oxygen atoms in total. The predicted octanol–water partition coefficient (Wildman–Crippen LogP) is 0.855. The van der Waals surface area contributed by atoms with Crippen molar-refractivity contribution in [1.82, 2.24) is 9.80 Å². The van der Waals surface area contributed by atoms with Gasteiger partial charge in [-0.2, -0.15) is 0 Å². The van der Waals surface area contributed by atoms with E-state index in [9.17, 15) is 4.79 Å². The third-order valence-corrected chi connectivity index (χ3v) is 3.64. The van der Waals surface area contributed by atoms with Gasteiger partial charge in [-0.15, -0.1) is 0 Å². The van der Waals surface area contributed by atoms with Crippen LogP contribution in [0.25, 0.3) is 0 Å². The quantitative estimate of drug-likeness (QED) is 0.876. The zero-order valence-electron chi connectivity index (χ0n) is 11.3. The molecule has 0 aliphatic carbocycles. The van der Waals surface area contributed by atoms with Gasteiger partial charge in [-0.3, -0.25) is 9.69 Å². The molecule has 20 heavy (non-hydrogen) atoms. The van der Waals surface area contributed by atoms with E-state index in [1.807, 2.05) is 12.1 Å². The van der Waals surface area contributed by atoms with Crippen LogP contribution < -0.4 is 4.74 Å². The molecule has 1 heterocycles. The number of benzene rings is 1. The maximum Gasteiger partial charge on any atom is 0.260 e. The summed E-state index contributed by atoms with van der Waals surface area (Å²) in [5.74, 6) is 0.495. The number of aliphatic hydroxyl groups is 1. The number of carbonyl (C=O) groups is 1. The molecule has 0 radical (unpaired) electrons. The molecule has 6 heteroatoms. The van der Waals surface area contributed by atoms with Gasteiger partial charge in [-0.1, -0.05) is 23.7 Å². The van der Waals surface area contributed by atoms with Gasteiger partial charge in [0.05, 0.1) is 11.6 Å². The van der Waals surface area contributed by atoms with Gasteiger partial charge in [-0.25, -0.2) is 0 Å². The van der Waals surface area contributed by atoms with Crippen LogP contribution in [-0.2, 0) is 4.79 Å². The first-order valence-corrected chi connectivity index (χ1v) is 7.07. The van der Waals surface area contributed by atoms with Gasteiger partial charge in [0.2, 0.25) is 0 Å². The van der Waals surface area contributed by atoms with Crippen LogP contribution in [0.2, 0.25) is 5.02 Å². The second kappa shape index (κ2) is 7.47. The predicted molar refractivity (Wildman–Crippen MR) is 77.1 cm³/mol. The summed E-state index contributed by atoms with van der Waals surface area (Å²) in [6, 6.07) is 7.11. The Morgan fingerprint density at radius 1 is 1.25 bits per heavy atom. The van der Waals surface area contributed by atoms with Gasteiger partial charge >= 0.3 is 0 Å². The van der Waals surface area contributed by atoms with Crippen molar-refractivity contribution >= 4 is 17.5 Å². The van der Waals surface area contributed by atoms with E-state index in [0.717, 1.165) is 13.1 Å². The smallest absolute Gasteiger partial charge is 0.260 e. The van der Waals surface area contributed by atoms with Crippen LogP contribution in [0.15, 0.2) is 24.3 Å². The fraction of sp³-hybridized carbons (Fsp3) is 0.500. The molecule has 0 spiro atoms. The number of carbonyl (C=O) groups excluding carboxylic acids is 1. The van der Waals surface area contributed by atoms with Crippen LogP contribution in [0.5, 0.6) is 5.75 Å². The number of halogens is 1. The fourth-order valence-corrected chi connectivity index (χ4v) is 2.35. The molecule has 1 aliphatic heterocycles. The standard InChI is InChI=1S/C14H19ClN2O3/c15-12-3-1-2-4-13(12)20-11-14(19)17-7-5-16(6-8-17)9-10-18/h1-4,18H,5-11H2. The summed E-state index contributed by atoms with van der Waals surface area (Å²) in [5, 5.41) is 9.38. The molecule has 1 N–H and O–H groups in total. The second-order valence-corrected chi connectivity index (χ2v) is 5.07. The van der Waals surface area contributed by atoms with Gasteiger partial charge < -0.3 is 14.7 Å². The summed E-state index contributed by atoms with van der Waals surface area (Å²) in [4.78, 5) is 16.0. The van der Waals surface area contributed by atoms with Crippen molar-refractivity contribution < 1.29 is 14.6 Å². The van der Waals surface area contributed by atoms with Crippen LogP contribution in [0, 0.1) is 0 Å². The third kappa shape index (κ3) is 4.10. The summed E-state index contributed by atoms with van der Waals surface area (Å²) in [7, 11) is 0. The van der Waals surface area contributed by atoms with Gasteiger partial charge in [0, 0.05) is 32.7 Å². The largest absolute Gasteiger partial charge is 0.482 e. The lowest BCUT2D eigenvalue weighted by molar-refractivity contribution is -0.135. The number of nitrogens with zero attached hydrogens (tertiary/aromatic N) is 2. The minimum Gasteiger partial charge on any atom is -0.482 e. The number of para-hydroxylation sites is 1. The van der Waals surface area contributed by atoms with Gasteiger partial charge in [0.25, 0.3) is 5.91 Å². The molecule has 0 aromatic heterocycles. The van der Waals surface area contributed by atoms with Crippen LogP contribution in [0.3, 0.4) is 0 Å². The third-order valence-electron chi connectivity index (χ3n) is 3.33. The highest BCUT2D eigenvalue weighted by Crippen LogP contribution is 2.23. The molecule has 0 bridgehead atoms. The van der Waals surface area contributed by atoms with Gasteiger partial charge in [0.1, 0.15) is 5.75 Å². The maximum atomic E-state index is 12.0. The number of hydrogen-bond acceptors (Lipinski definition) is 4. The van der Waals surface area contributed by atoms with E-state index in [-0.39, 0.29) is 19.1 Å². The Bertz CT molecular complexity index is 448. The molecule has 1 amide bonds. The Morgan fingerprint density at radius 2 is 1.95 bits per heavy atom. The molecule has 0 unspecified atom stereocenters. The fourth-order valence-electron chi connectivity index (χ4n) is 2.15. The van der Waals surface area contributed by atoms with E-state index in [0.29, 0.717) is 30.4 Å². The van der Waals surface area contributed by atoms with Crippen molar-refractivity contribution in [3.8, 4) is 5.75 Å². The maximum absolute atomic E-state index is 12.0. The molecule has 110 valence electrons. The van der Waals surface area contributed by atoms with Crippen molar-refractivity contribution in [1.29, 1.82) is 0 Å². The highest BCUT2D eigenvalue weighted by Gasteiger charge is 2.21. The minimum atomic E-state index is -0.0337. The minimum absolute atomic E-state index is 0.00370. The lowest BCUT2D eigenvalue weighted by Gasteiger charge is -2.34. The van der Waals surface area contributed by atoms with Crippen LogP contribution in [-0.4, -0.2) is 66.8 Å². The van der Waals surface area contributed by atoms with Crippen molar-refractivity contribution in [3.63, 3.8) is 0 Å². The molecule has 1 fully saturated rings. The SMILES string of the molecule is O=C(COc1ccccc1Cl)N1CCN(CCO)CC1. The molecule has 0 atom stereocenters. The first kappa shape index (κ1) is 15.1. The van der Waals surface area contributed by atoms with Crippen molar-refractivity contribution in [2.24, 2.45) is 0 Å². The highest BCUT2D eigenvalue weighted by atomic mass is 35.5. The molecule has 1 aliphatic rings. The summed E-state index contributed by atoms with van der Waals surface area (Å²) < 4.78 is 5.45. The van der Waals surface area contributed by atoms with E-state index in [1.54, 1.807) is 17.0 Å². The Labute approximate surface area is 123 Å². The molecular formula is C14H19ClN2O3. The number of hydrogen-bond donors (Lipinski definition) is 1. The molecule has 0 saturated carbocycles. The topological polar surface area (TPSA) is 53.0 Å². The van der Waals surface area contributed by atoms with E-state index in [1.165, 1.54) is 0 Å². The summed E-state index contributed by atoms with van der Waals surface area (Å²) in [6.07, 6.45) is 0. The number of ether oxygens (including phenoxy) is 1. The Hall–Kier alpha value is -1.30. The normalized spacial score (nSPS) is 16.2. The molecule has 2 rings (SSSR count). The summed E-state index contributed by atoms with van der Waals surface area (Å²) >= 11 is 5.97. The molecule has 1 aromatic carbocycles. The average Bonchev–Trinajstić information content (AvgIpc) is 2.47. The zero-order chi connectivity index (χ0) is 14.4. The Morgan fingerprint density at radius 3 is 2.60 bits per heavy atom. The Balaban J connectivity index is 1.77. The van der Waals surface area contributed by atoms with Crippen molar-refractivity contribution in [2.45, 2.75) is 0 Å². The van der Waals surface area contributed by atoms with E-state index in [2.05, 4.69) is 4.90 Å². The van der Waals surface area contributed by atoms with E-state index in [4.69, 9.17) is 21.4 Å².